The van der Waals surface area contributed by atoms with Gasteiger partial charge < -0.3 is 18.9 Å². The Balaban J connectivity index is 3.30. The Morgan fingerprint density at radius 2 is 1.80 bits per heavy atom. The summed E-state index contributed by atoms with van der Waals surface area (Å²) in [5.41, 5.74) is 0. The van der Waals surface area contributed by atoms with Crippen molar-refractivity contribution in [3.63, 3.8) is 0 Å². The van der Waals surface area contributed by atoms with Gasteiger partial charge in [0.2, 0.25) is 5.76 Å². The number of carbonyl (C=O) groups excluding carboxylic acids is 2. The van der Waals surface area contributed by atoms with E-state index in [9.17, 15) is 9.59 Å². The van der Waals surface area contributed by atoms with Crippen molar-refractivity contribution >= 4 is 11.9 Å². The van der Waals surface area contributed by atoms with Crippen molar-refractivity contribution in [2.24, 2.45) is 0 Å². The molecule has 6 nitrogen and oxygen atoms in total. The Kier molecular flexibility index (Phi) is 4.81. The Morgan fingerprint density at radius 3 is 2.20 bits per heavy atom. The molecule has 0 aromatic heterocycles. The third kappa shape index (κ3) is 3.31. The second kappa shape index (κ2) is 5.98. The van der Waals surface area contributed by atoms with E-state index in [2.05, 4.69) is 6.58 Å². The summed E-state index contributed by atoms with van der Waals surface area (Å²) in [5, 5.41) is 0. The number of hydrogen-bond acceptors (Lipinski definition) is 6. The van der Waals surface area contributed by atoms with Gasteiger partial charge in [-0.1, -0.05) is 6.58 Å². The molecule has 0 radical (unpaired) electrons. The lowest BCUT2D eigenvalue weighted by atomic mass is 10.2. The highest BCUT2D eigenvalue weighted by atomic mass is 16.8. The molecule has 0 aliphatic carbocycles. The quantitative estimate of drug-likeness (QED) is 0.549. The minimum absolute atomic E-state index is 0.0106. The van der Waals surface area contributed by atoms with E-state index < -0.39 is 17.7 Å². The van der Waals surface area contributed by atoms with E-state index in [4.69, 9.17) is 18.9 Å². The molecule has 1 unspecified atom stereocenters. The zero-order valence-corrected chi connectivity index (χ0v) is 12.4. The predicted molar refractivity (Wildman–Crippen MR) is 70.3 cm³/mol. The molecule has 0 spiro atoms. The zero-order valence-electron chi connectivity index (χ0n) is 12.4. The monoisotopic (exact) mass is 284 g/mol. The summed E-state index contributed by atoms with van der Waals surface area (Å²) in [7, 11) is 0. The molecule has 1 aliphatic heterocycles. The predicted octanol–water partition coefficient (Wildman–Crippen LogP) is 2.05. The molecule has 20 heavy (non-hydrogen) atoms. The third-order valence-corrected chi connectivity index (χ3v) is 2.22. The van der Waals surface area contributed by atoms with E-state index >= 15 is 0 Å². The summed E-state index contributed by atoms with van der Waals surface area (Å²) in [5.74, 6) is -3.24. The van der Waals surface area contributed by atoms with Gasteiger partial charge in [0, 0.05) is 13.0 Å². The second-order valence-corrected chi connectivity index (χ2v) is 4.85. The van der Waals surface area contributed by atoms with Crippen molar-refractivity contribution in [2.45, 2.75) is 52.6 Å². The molecule has 0 saturated carbocycles. The van der Waals surface area contributed by atoms with Crippen molar-refractivity contribution in [3.8, 4) is 0 Å². The summed E-state index contributed by atoms with van der Waals surface area (Å²) >= 11 is 0. The lowest BCUT2D eigenvalue weighted by Gasteiger charge is -2.26. The standard InChI is InChI=1S/C14H20O6/c1-7-14(19-10(6)15)12(18-9(4)5)11(13(16)20-14)17-8(2)3/h7-9H,1H2,2-6H3. The van der Waals surface area contributed by atoms with Gasteiger partial charge in [-0.3, -0.25) is 4.79 Å². The molecule has 0 bridgehead atoms. The molecule has 0 aromatic carbocycles. The molecule has 112 valence electrons. The first-order valence-electron chi connectivity index (χ1n) is 6.36. The van der Waals surface area contributed by atoms with Gasteiger partial charge in [-0.2, -0.15) is 0 Å². The number of rotatable bonds is 6. The van der Waals surface area contributed by atoms with Crippen LogP contribution in [-0.4, -0.2) is 29.9 Å². The molecule has 0 aromatic rings. The smallest absolute Gasteiger partial charge is 0.381 e. The lowest BCUT2D eigenvalue weighted by Crippen LogP contribution is -2.36. The second-order valence-electron chi connectivity index (χ2n) is 4.85. The summed E-state index contributed by atoms with van der Waals surface area (Å²) in [4.78, 5) is 23.2. The fourth-order valence-electron chi connectivity index (χ4n) is 1.65. The first kappa shape index (κ1) is 16.1. The van der Waals surface area contributed by atoms with Gasteiger partial charge in [0.05, 0.1) is 12.2 Å². The number of esters is 2. The van der Waals surface area contributed by atoms with Crippen molar-refractivity contribution in [1.82, 2.24) is 0 Å². The highest BCUT2D eigenvalue weighted by Crippen LogP contribution is 2.37. The Labute approximate surface area is 118 Å². The molecule has 1 heterocycles. The van der Waals surface area contributed by atoms with Crippen molar-refractivity contribution < 1.29 is 28.5 Å². The number of ether oxygens (including phenoxy) is 4. The topological polar surface area (TPSA) is 71.1 Å². The molecule has 0 saturated heterocycles. The molecule has 1 aliphatic rings. The number of cyclic esters (lactones) is 1. The van der Waals surface area contributed by atoms with Crippen LogP contribution in [0.25, 0.3) is 0 Å². The summed E-state index contributed by atoms with van der Waals surface area (Å²) in [6.07, 6.45) is 0.669. The van der Waals surface area contributed by atoms with Crippen LogP contribution in [0.15, 0.2) is 24.2 Å². The lowest BCUT2D eigenvalue weighted by molar-refractivity contribution is -0.200. The van der Waals surface area contributed by atoms with Crippen LogP contribution in [0.4, 0.5) is 0 Å². The van der Waals surface area contributed by atoms with Crippen LogP contribution in [-0.2, 0) is 28.5 Å². The third-order valence-electron chi connectivity index (χ3n) is 2.22. The van der Waals surface area contributed by atoms with Crippen LogP contribution >= 0.6 is 0 Å². The van der Waals surface area contributed by atoms with Crippen LogP contribution in [0.3, 0.4) is 0 Å². The Bertz CT molecular complexity index is 449. The molecule has 0 fully saturated rings. The van der Waals surface area contributed by atoms with Crippen LogP contribution in [0.1, 0.15) is 34.6 Å². The summed E-state index contributed by atoms with van der Waals surface area (Å²) < 4.78 is 21.2. The highest BCUT2D eigenvalue weighted by Gasteiger charge is 2.53. The zero-order chi connectivity index (χ0) is 15.5. The van der Waals surface area contributed by atoms with Gasteiger partial charge in [0.15, 0.2) is 0 Å². The van der Waals surface area contributed by atoms with Crippen molar-refractivity contribution in [2.75, 3.05) is 0 Å². The van der Waals surface area contributed by atoms with Gasteiger partial charge in [-0.05, 0) is 27.7 Å². The Hall–Kier alpha value is -1.98. The number of carbonyl (C=O) groups is 2. The minimum atomic E-state index is -1.77. The van der Waals surface area contributed by atoms with Gasteiger partial charge in [-0.25, -0.2) is 4.79 Å². The SMILES string of the molecule is C=CC1(OC(C)=O)OC(=O)C(OC(C)C)=C1OC(C)C. The highest BCUT2D eigenvalue weighted by molar-refractivity contribution is 5.91. The van der Waals surface area contributed by atoms with E-state index in [1.54, 1.807) is 27.7 Å². The van der Waals surface area contributed by atoms with E-state index in [0.29, 0.717) is 0 Å². The van der Waals surface area contributed by atoms with E-state index in [1.807, 2.05) is 0 Å². The first-order chi connectivity index (χ1) is 9.21. The molecule has 1 atom stereocenters. The largest absolute Gasteiger partial charge is 0.484 e. The maximum atomic E-state index is 11.9. The fraction of sp³-hybridized carbons (Fsp3) is 0.571. The van der Waals surface area contributed by atoms with Crippen molar-refractivity contribution in [3.05, 3.63) is 24.2 Å². The molecule has 6 heteroatoms. The van der Waals surface area contributed by atoms with Crippen LogP contribution in [0, 0.1) is 0 Å². The molecular formula is C14H20O6. The Morgan fingerprint density at radius 1 is 1.25 bits per heavy atom. The maximum absolute atomic E-state index is 11.9. The van der Waals surface area contributed by atoms with Gasteiger partial charge in [-0.15, -0.1) is 0 Å². The average molecular weight is 284 g/mol. The van der Waals surface area contributed by atoms with E-state index in [0.717, 1.165) is 0 Å². The van der Waals surface area contributed by atoms with Gasteiger partial charge in [0.1, 0.15) is 0 Å². The van der Waals surface area contributed by atoms with Crippen LogP contribution in [0.5, 0.6) is 0 Å². The fourth-order valence-corrected chi connectivity index (χ4v) is 1.65. The van der Waals surface area contributed by atoms with Gasteiger partial charge >= 0.3 is 17.7 Å². The average Bonchev–Trinajstić information content (AvgIpc) is 2.52. The van der Waals surface area contributed by atoms with Gasteiger partial charge in [0.25, 0.3) is 5.76 Å². The summed E-state index contributed by atoms with van der Waals surface area (Å²) in [6, 6.07) is 0. The summed E-state index contributed by atoms with van der Waals surface area (Å²) in [6.45, 7) is 11.8. The van der Waals surface area contributed by atoms with E-state index in [1.165, 1.54) is 13.0 Å². The maximum Gasteiger partial charge on any atom is 0.381 e. The molecule has 0 amide bonds. The first-order valence-corrected chi connectivity index (χ1v) is 6.36. The van der Waals surface area contributed by atoms with E-state index in [-0.39, 0.29) is 23.7 Å². The van der Waals surface area contributed by atoms with Crippen LogP contribution < -0.4 is 0 Å². The van der Waals surface area contributed by atoms with Crippen LogP contribution in [0.2, 0.25) is 0 Å². The normalized spacial score (nSPS) is 22.1. The molecular weight excluding hydrogens is 264 g/mol. The molecule has 0 N–H and O–H groups in total. The minimum Gasteiger partial charge on any atom is -0.484 e. The number of hydrogen-bond donors (Lipinski definition) is 0. The van der Waals surface area contributed by atoms with Crippen molar-refractivity contribution in [1.29, 1.82) is 0 Å². The molecule has 1 rings (SSSR count).